The number of hydrogen-bond donors (Lipinski definition) is 1. The zero-order valence-corrected chi connectivity index (χ0v) is 23.6. The van der Waals surface area contributed by atoms with E-state index in [4.69, 9.17) is 4.18 Å². The summed E-state index contributed by atoms with van der Waals surface area (Å²) in [6.07, 6.45) is 14.7. The van der Waals surface area contributed by atoms with E-state index in [-0.39, 0.29) is 10.8 Å². The van der Waals surface area contributed by atoms with E-state index in [1.54, 1.807) is 0 Å². The molecule has 0 aromatic rings. The molecule has 0 spiro atoms. The molecular formula is C29H50O4S. The lowest BCUT2D eigenvalue weighted by molar-refractivity contribution is -0.164. The molecule has 3 fully saturated rings. The highest BCUT2D eigenvalue weighted by molar-refractivity contribution is 7.80. The number of hydrogen-bond acceptors (Lipinski definition) is 3. The standard InChI is InChI=1S/C29H50O4S/c1-20(2)9-8-10-21(3)24-14-16-28(6)25-12-11-22-19-23(33-34(30,31)32)13-15-26(22,4)29(25,7)18-17-27(24,28)5/h11,20-21,23-25H,8-10,12-19H2,1-7H3,(H,30,31,32)/t21-,23+,24-,25+,26+,27-,28+,29+/m1/s1. The van der Waals surface area contributed by atoms with Crippen molar-refractivity contribution in [2.45, 2.75) is 125 Å². The second-order valence-electron chi connectivity index (χ2n) is 13.9. The molecular weight excluding hydrogens is 444 g/mol. The lowest BCUT2D eigenvalue weighted by Crippen LogP contribution is -2.61. The van der Waals surface area contributed by atoms with Crippen molar-refractivity contribution < 1.29 is 17.2 Å². The summed E-state index contributed by atoms with van der Waals surface area (Å²) in [6, 6.07) is 0. The van der Waals surface area contributed by atoms with Gasteiger partial charge < -0.3 is 0 Å². The van der Waals surface area contributed by atoms with E-state index in [0.29, 0.717) is 29.6 Å². The van der Waals surface area contributed by atoms with E-state index in [1.807, 2.05) is 0 Å². The summed E-state index contributed by atoms with van der Waals surface area (Å²) >= 11 is 0. The molecule has 0 aromatic heterocycles. The molecule has 4 aliphatic carbocycles. The van der Waals surface area contributed by atoms with Crippen LogP contribution in [-0.2, 0) is 14.6 Å². The topological polar surface area (TPSA) is 63.6 Å². The molecule has 0 radical (unpaired) electrons. The molecule has 0 saturated heterocycles. The summed E-state index contributed by atoms with van der Waals surface area (Å²) in [4.78, 5) is 0. The maximum atomic E-state index is 11.3. The van der Waals surface area contributed by atoms with Gasteiger partial charge in [-0.3, -0.25) is 4.55 Å². The minimum atomic E-state index is -4.40. The molecule has 0 aromatic carbocycles. The first-order valence-corrected chi connectivity index (χ1v) is 15.4. The van der Waals surface area contributed by atoms with Gasteiger partial charge in [0.05, 0.1) is 6.10 Å². The molecule has 34 heavy (non-hydrogen) atoms. The first kappa shape index (κ1) is 26.7. The van der Waals surface area contributed by atoms with Crippen LogP contribution < -0.4 is 0 Å². The van der Waals surface area contributed by atoms with Crippen LogP contribution in [-0.4, -0.2) is 19.1 Å². The second-order valence-corrected chi connectivity index (χ2v) is 15.0. The average molecular weight is 495 g/mol. The third kappa shape index (κ3) is 4.14. The highest BCUT2D eigenvalue weighted by Gasteiger charge is 2.68. The van der Waals surface area contributed by atoms with Gasteiger partial charge in [-0.1, -0.05) is 79.4 Å². The predicted molar refractivity (Wildman–Crippen MR) is 139 cm³/mol. The molecule has 5 heteroatoms. The van der Waals surface area contributed by atoms with Gasteiger partial charge in [-0.05, 0) is 96.7 Å². The zero-order chi connectivity index (χ0) is 25.2. The number of fused-ring (bicyclic) bond motifs is 5. The summed E-state index contributed by atoms with van der Waals surface area (Å²) in [5.41, 5.74) is 2.44. The van der Waals surface area contributed by atoms with Crippen LogP contribution in [0.3, 0.4) is 0 Å². The van der Waals surface area contributed by atoms with Gasteiger partial charge in [-0.2, -0.15) is 8.42 Å². The van der Waals surface area contributed by atoms with E-state index in [2.05, 4.69) is 54.5 Å². The van der Waals surface area contributed by atoms with Crippen molar-refractivity contribution in [2.75, 3.05) is 0 Å². The molecule has 0 aliphatic heterocycles. The fraction of sp³-hybridized carbons (Fsp3) is 0.931. The third-order valence-corrected chi connectivity index (χ3v) is 12.7. The van der Waals surface area contributed by atoms with Gasteiger partial charge >= 0.3 is 10.4 Å². The number of allylic oxidation sites excluding steroid dienone is 1. The van der Waals surface area contributed by atoms with Gasteiger partial charge in [0.2, 0.25) is 0 Å². The van der Waals surface area contributed by atoms with Gasteiger partial charge in [0.1, 0.15) is 0 Å². The van der Waals surface area contributed by atoms with Crippen LogP contribution in [0.2, 0.25) is 0 Å². The molecule has 196 valence electrons. The van der Waals surface area contributed by atoms with E-state index in [1.165, 1.54) is 50.5 Å². The normalized spacial score (nSPS) is 45.3. The van der Waals surface area contributed by atoms with Crippen LogP contribution in [0.1, 0.15) is 119 Å². The van der Waals surface area contributed by atoms with E-state index in [0.717, 1.165) is 30.6 Å². The van der Waals surface area contributed by atoms with Gasteiger partial charge in [0.15, 0.2) is 0 Å². The van der Waals surface area contributed by atoms with Crippen molar-refractivity contribution >= 4 is 10.4 Å². The molecule has 0 heterocycles. The summed E-state index contributed by atoms with van der Waals surface area (Å²) in [5.74, 6) is 3.09. The first-order valence-electron chi connectivity index (χ1n) is 14.0. The molecule has 0 amide bonds. The Morgan fingerprint density at radius 1 is 0.971 bits per heavy atom. The van der Waals surface area contributed by atoms with Crippen LogP contribution in [0.25, 0.3) is 0 Å². The Bertz CT molecular complexity index is 909. The van der Waals surface area contributed by atoms with E-state index < -0.39 is 16.5 Å². The highest BCUT2D eigenvalue weighted by atomic mass is 32.3. The average Bonchev–Trinajstić information content (AvgIpc) is 2.99. The molecule has 0 unspecified atom stereocenters. The largest absolute Gasteiger partial charge is 0.397 e. The van der Waals surface area contributed by atoms with Crippen molar-refractivity contribution in [3.8, 4) is 0 Å². The molecule has 0 bridgehead atoms. The maximum absolute atomic E-state index is 11.3. The molecule has 8 atom stereocenters. The van der Waals surface area contributed by atoms with Crippen LogP contribution in [0.15, 0.2) is 11.6 Å². The van der Waals surface area contributed by atoms with Crippen LogP contribution in [0.5, 0.6) is 0 Å². The fourth-order valence-corrected chi connectivity index (χ4v) is 10.2. The maximum Gasteiger partial charge on any atom is 0.397 e. The Kier molecular flexibility index (Phi) is 6.96. The smallest absolute Gasteiger partial charge is 0.264 e. The molecule has 4 aliphatic rings. The SMILES string of the molecule is CC(C)CCC[C@@H](C)[C@H]1CC[C@@]2(C)[C@@H]3CC=C4C[C@@H](OS(=O)(=O)O)CC[C@]4(C)[C@@]3(C)CC[C@]12C. The minimum absolute atomic E-state index is 0.0836. The Morgan fingerprint density at radius 2 is 1.65 bits per heavy atom. The van der Waals surface area contributed by atoms with E-state index >= 15 is 0 Å². The van der Waals surface area contributed by atoms with Crippen molar-refractivity contribution in [1.29, 1.82) is 0 Å². The highest BCUT2D eigenvalue weighted by Crippen LogP contribution is 2.76. The summed E-state index contributed by atoms with van der Waals surface area (Å²) in [7, 11) is -4.40. The van der Waals surface area contributed by atoms with Crippen LogP contribution in [0.4, 0.5) is 0 Å². The van der Waals surface area contributed by atoms with Crippen molar-refractivity contribution in [3.05, 3.63) is 11.6 Å². The van der Waals surface area contributed by atoms with E-state index in [9.17, 15) is 13.0 Å². The Balaban J connectivity index is 1.58. The Morgan fingerprint density at radius 3 is 2.29 bits per heavy atom. The lowest BCUT2D eigenvalue weighted by Gasteiger charge is -2.68. The van der Waals surface area contributed by atoms with Gasteiger partial charge in [0.25, 0.3) is 0 Å². The van der Waals surface area contributed by atoms with Gasteiger partial charge in [0, 0.05) is 0 Å². The lowest BCUT2D eigenvalue weighted by atomic mass is 9.36. The summed E-state index contributed by atoms with van der Waals surface area (Å²) in [6.45, 7) is 17.5. The number of rotatable bonds is 7. The third-order valence-electron chi connectivity index (χ3n) is 12.2. The second kappa shape index (κ2) is 8.87. The van der Waals surface area contributed by atoms with Crippen molar-refractivity contribution in [1.82, 2.24) is 0 Å². The molecule has 3 saturated carbocycles. The quantitative estimate of drug-likeness (QED) is 0.288. The summed E-state index contributed by atoms with van der Waals surface area (Å²) < 4.78 is 36.9. The summed E-state index contributed by atoms with van der Waals surface area (Å²) in [5, 5.41) is 0. The fourth-order valence-electron chi connectivity index (χ4n) is 9.72. The zero-order valence-electron chi connectivity index (χ0n) is 22.8. The van der Waals surface area contributed by atoms with Crippen molar-refractivity contribution in [2.24, 2.45) is 45.3 Å². The van der Waals surface area contributed by atoms with Crippen LogP contribution >= 0.6 is 0 Å². The predicted octanol–water partition coefficient (Wildman–Crippen LogP) is 8.00. The molecule has 4 nitrogen and oxygen atoms in total. The Labute approximate surface area is 209 Å². The monoisotopic (exact) mass is 494 g/mol. The van der Waals surface area contributed by atoms with Gasteiger partial charge in [-0.25, -0.2) is 4.18 Å². The molecule has 1 N–H and O–H groups in total. The Hall–Kier alpha value is -0.390. The van der Waals surface area contributed by atoms with Crippen LogP contribution in [0, 0.1) is 45.3 Å². The minimum Gasteiger partial charge on any atom is -0.264 e. The molecule has 4 rings (SSSR count). The van der Waals surface area contributed by atoms with Crippen molar-refractivity contribution in [3.63, 3.8) is 0 Å². The first-order chi connectivity index (χ1) is 15.7. The van der Waals surface area contributed by atoms with Gasteiger partial charge in [-0.15, -0.1) is 0 Å².